The third-order valence-corrected chi connectivity index (χ3v) is 3.99. The summed E-state index contributed by atoms with van der Waals surface area (Å²) in [6, 6.07) is 11.1. The highest BCUT2D eigenvalue weighted by Crippen LogP contribution is 2.28. The van der Waals surface area contributed by atoms with Crippen LogP contribution in [0.1, 0.15) is 30.3 Å². The predicted molar refractivity (Wildman–Crippen MR) is 82.9 cm³/mol. The van der Waals surface area contributed by atoms with Gasteiger partial charge in [0.15, 0.2) is 5.76 Å². The van der Waals surface area contributed by atoms with Gasteiger partial charge in [-0.2, -0.15) is 0 Å². The standard InChI is InChI=1S/C17H20N2O2/c1-12-5-4-10-19(11-12)17(20)16-9-8-15(21-16)13-6-2-3-7-14(13)18/h2-3,6-9,12H,4-5,10-11,18H2,1H3/t12-/m1/s1. The lowest BCUT2D eigenvalue weighted by Crippen LogP contribution is -2.38. The predicted octanol–water partition coefficient (Wildman–Crippen LogP) is 3.40. The van der Waals surface area contributed by atoms with Crippen molar-refractivity contribution in [3.63, 3.8) is 0 Å². The first-order valence-electron chi connectivity index (χ1n) is 7.39. The smallest absolute Gasteiger partial charge is 0.289 e. The molecule has 0 unspecified atom stereocenters. The monoisotopic (exact) mass is 284 g/mol. The molecular weight excluding hydrogens is 264 g/mol. The zero-order valence-electron chi connectivity index (χ0n) is 12.2. The van der Waals surface area contributed by atoms with E-state index in [4.69, 9.17) is 10.2 Å². The lowest BCUT2D eigenvalue weighted by molar-refractivity contribution is 0.0652. The lowest BCUT2D eigenvalue weighted by Gasteiger charge is -2.30. The van der Waals surface area contributed by atoms with Crippen LogP contribution in [0.25, 0.3) is 11.3 Å². The van der Waals surface area contributed by atoms with Crippen LogP contribution < -0.4 is 5.73 Å². The van der Waals surface area contributed by atoms with Crippen molar-refractivity contribution < 1.29 is 9.21 Å². The molecular formula is C17H20N2O2. The Hall–Kier alpha value is -2.23. The number of hydrogen-bond donors (Lipinski definition) is 1. The molecule has 1 atom stereocenters. The summed E-state index contributed by atoms with van der Waals surface area (Å²) in [6.07, 6.45) is 2.25. The Morgan fingerprint density at radius 1 is 1.29 bits per heavy atom. The number of piperidine rings is 1. The summed E-state index contributed by atoms with van der Waals surface area (Å²) in [5, 5.41) is 0. The fourth-order valence-electron chi connectivity index (χ4n) is 2.85. The second-order valence-electron chi connectivity index (χ2n) is 5.75. The van der Waals surface area contributed by atoms with E-state index in [0.717, 1.165) is 25.1 Å². The van der Waals surface area contributed by atoms with Gasteiger partial charge >= 0.3 is 0 Å². The first-order chi connectivity index (χ1) is 10.1. The van der Waals surface area contributed by atoms with Gasteiger partial charge in [-0.15, -0.1) is 0 Å². The second kappa shape index (κ2) is 5.64. The molecule has 0 saturated carbocycles. The fourth-order valence-corrected chi connectivity index (χ4v) is 2.85. The molecule has 2 aromatic rings. The molecule has 2 heterocycles. The van der Waals surface area contributed by atoms with E-state index in [1.807, 2.05) is 35.2 Å². The highest BCUT2D eigenvalue weighted by atomic mass is 16.4. The number of hydrogen-bond acceptors (Lipinski definition) is 3. The average molecular weight is 284 g/mol. The number of nitrogens with zero attached hydrogens (tertiary/aromatic N) is 1. The molecule has 0 bridgehead atoms. The van der Waals surface area contributed by atoms with Crippen molar-refractivity contribution >= 4 is 11.6 Å². The second-order valence-corrected chi connectivity index (χ2v) is 5.75. The van der Waals surface area contributed by atoms with E-state index < -0.39 is 0 Å². The summed E-state index contributed by atoms with van der Waals surface area (Å²) in [4.78, 5) is 14.4. The average Bonchev–Trinajstić information content (AvgIpc) is 2.96. The zero-order valence-corrected chi connectivity index (χ0v) is 12.2. The summed E-state index contributed by atoms with van der Waals surface area (Å²) in [7, 11) is 0. The van der Waals surface area contributed by atoms with Gasteiger partial charge in [0.1, 0.15) is 5.76 Å². The fraction of sp³-hybridized carbons (Fsp3) is 0.353. The number of amides is 1. The maximum atomic E-state index is 12.5. The molecule has 1 aromatic carbocycles. The number of nitrogens with two attached hydrogens (primary N) is 1. The molecule has 1 aromatic heterocycles. The molecule has 1 amide bonds. The van der Waals surface area contributed by atoms with Crippen LogP contribution >= 0.6 is 0 Å². The Morgan fingerprint density at radius 2 is 2.10 bits per heavy atom. The molecule has 1 saturated heterocycles. The summed E-state index contributed by atoms with van der Waals surface area (Å²) < 4.78 is 5.73. The van der Waals surface area contributed by atoms with Crippen LogP contribution in [0.5, 0.6) is 0 Å². The molecule has 1 fully saturated rings. The van der Waals surface area contributed by atoms with Crippen molar-refractivity contribution in [3.8, 4) is 11.3 Å². The molecule has 1 aliphatic rings. The van der Waals surface area contributed by atoms with E-state index in [9.17, 15) is 4.79 Å². The summed E-state index contributed by atoms with van der Waals surface area (Å²) in [5.74, 6) is 1.56. The van der Waals surface area contributed by atoms with Crippen molar-refractivity contribution in [2.45, 2.75) is 19.8 Å². The van der Waals surface area contributed by atoms with Gasteiger partial charge in [0.2, 0.25) is 0 Å². The third kappa shape index (κ3) is 2.79. The van der Waals surface area contributed by atoms with Crippen molar-refractivity contribution in [2.24, 2.45) is 5.92 Å². The first kappa shape index (κ1) is 13.7. The van der Waals surface area contributed by atoms with Crippen molar-refractivity contribution in [2.75, 3.05) is 18.8 Å². The Balaban J connectivity index is 1.82. The molecule has 3 rings (SSSR count). The lowest BCUT2D eigenvalue weighted by atomic mass is 10.0. The van der Waals surface area contributed by atoms with E-state index in [1.54, 1.807) is 6.07 Å². The van der Waals surface area contributed by atoms with Crippen LogP contribution in [0.4, 0.5) is 5.69 Å². The number of rotatable bonds is 2. The highest BCUT2D eigenvalue weighted by Gasteiger charge is 2.24. The number of benzene rings is 1. The minimum absolute atomic E-state index is 0.0256. The molecule has 21 heavy (non-hydrogen) atoms. The number of nitrogen functional groups attached to an aromatic ring is 1. The summed E-state index contributed by atoms with van der Waals surface area (Å²) in [6.45, 7) is 3.80. The molecule has 4 heteroatoms. The Bertz CT molecular complexity index is 648. The Labute approximate surface area is 124 Å². The zero-order chi connectivity index (χ0) is 14.8. The Kier molecular flexibility index (Phi) is 3.69. The number of carbonyl (C=O) groups is 1. The first-order valence-corrected chi connectivity index (χ1v) is 7.39. The van der Waals surface area contributed by atoms with E-state index in [2.05, 4.69) is 6.92 Å². The number of para-hydroxylation sites is 1. The maximum absolute atomic E-state index is 12.5. The largest absolute Gasteiger partial charge is 0.451 e. The minimum atomic E-state index is -0.0256. The van der Waals surface area contributed by atoms with Crippen molar-refractivity contribution in [1.29, 1.82) is 0 Å². The topological polar surface area (TPSA) is 59.5 Å². The number of furan rings is 1. The molecule has 4 nitrogen and oxygen atoms in total. The SMILES string of the molecule is C[C@@H]1CCCN(C(=O)c2ccc(-c3ccccc3N)o2)C1. The normalized spacial score (nSPS) is 18.7. The molecule has 0 radical (unpaired) electrons. The Morgan fingerprint density at radius 3 is 2.86 bits per heavy atom. The van der Waals surface area contributed by atoms with Crippen LogP contribution in [-0.2, 0) is 0 Å². The van der Waals surface area contributed by atoms with Gasteiger partial charge < -0.3 is 15.1 Å². The van der Waals surface area contributed by atoms with E-state index in [-0.39, 0.29) is 5.91 Å². The number of carbonyl (C=O) groups excluding carboxylic acids is 1. The van der Waals surface area contributed by atoms with Crippen molar-refractivity contribution in [3.05, 3.63) is 42.2 Å². The van der Waals surface area contributed by atoms with Crippen LogP contribution in [-0.4, -0.2) is 23.9 Å². The third-order valence-electron chi connectivity index (χ3n) is 3.99. The minimum Gasteiger partial charge on any atom is -0.451 e. The van der Waals surface area contributed by atoms with Crippen LogP contribution in [0, 0.1) is 5.92 Å². The van der Waals surface area contributed by atoms with E-state index in [1.165, 1.54) is 6.42 Å². The van der Waals surface area contributed by atoms with Gasteiger partial charge in [0, 0.05) is 24.3 Å². The van der Waals surface area contributed by atoms with Gasteiger partial charge in [-0.25, -0.2) is 0 Å². The highest BCUT2D eigenvalue weighted by molar-refractivity contribution is 5.92. The van der Waals surface area contributed by atoms with Gasteiger partial charge in [-0.3, -0.25) is 4.79 Å². The molecule has 0 aliphatic carbocycles. The van der Waals surface area contributed by atoms with Crippen molar-refractivity contribution in [1.82, 2.24) is 4.90 Å². The van der Waals surface area contributed by atoms with Gasteiger partial charge in [-0.05, 0) is 43.0 Å². The van der Waals surface area contributed by atoms with E-state index in [0.29, 0.717) is 23.1 Å². The quantitative estimate of drug-likeness (QED) is 0.860. The number of anilines is 1. The van der Waals surface area contributed by atoms with Crippen LogP contribution in [0.15, 0.2) is 40.8 Å². The van der Waals surface area contributed by atoms with Crippen LogP contribution in [0.3, 0.4) is 0 Å². The summed E-state index contributed by atoms with van der Waals surface area (Å²) in [5.41, 5.74) is 7.42. The molecule has 1 aliphatic heterocycles. The molecule has 2 N–H and O–H groups in total. The van der Waals surface area contributed by atoms with Crippen LogP contribution in [0.2, 0.25) is 0 Å². The van der Waals surface area contributed by atoms with Gasteiger partial charge in [0.05, 0.1) is 0 Å². The molecule has 0 spiro atoms. The van der Waals surface area contributed by atoms with Gasteiger partial charge in [0.25, 0.3) is 5.91 Å². The molecule has 110 valence electrons. The van der Waals surface area contributed by atoms with Gasteiger partial charge in [-0.1, -0.05) is 19.1 Å². The number of likely N-dealkylation sites (tertiary alicyclic amines) is 1. The maximum Gasteiger partial charge on any atom is 0.289 e. The summed E-state index contributed by atoms with van der Waals surface area (Å²) >= 11 is 0. The van der Waals surface area contributed by atoms with E-state index >= 15 is 0 Å².